The number of aromatic nitrogens is 1. The van der Waals surface area contributed by atoms with Crippen molar-refractivity contribution in [3.05, 3.63) is 23.9 Å². The number of nitrogens with two attached hydrogens (primary N) is 1. The zero-order valence-electron chi connectivity index (χ0n) is 10.3. The quantitative estimate of drug-likeness (QED) is 0.817. The Morgan fingerprint density at radius 1 is 1.65 bits per heavy atom. The molecule has 1 saturated heterocycles. The highest BCUT2D eigenvalue weighted by molar-refractivity contribution is 7.99. The predicted octanol–water partition coefficient (Wildman–Crippen LogP) is 2.24. The summed E-state index contributed by atoms with van der Waals surface area (Å²) in [5, 5.41) is 1.11. The largest absolute Gasteiger partial charge is 0.377 e. The van der Waals surface area contributed by atoms with E-state index in [1.54, 1.807) is 11.8 Å². The minimum absolute atomic E-state index is 0.182. The first-order chi connectivity index (χ1) is 8.25. The number of thioether (sulfide) groups is 1. The minimum Gasteiger partial charge on any atom is -0.377 e. The molecular formula is C13H20N2OS. The van der Waals surface area contributed by atoms with Crippen LogP contribution in [0.5, 0.6) is 0 Å². The molecule has 1 fully saturated rings. The Bertz CT molecular complexity index is 351. The van der Waals surface area contributed by atoms with Crippen LogP contribution in [-0.4, -0.2) is 29.5 Å². The van der Waals surface area contributed by atoms with E-state index in [2.05, 4.69) is 11.1 Å². The predicted molar refractivity (Wildman–Crippen MR) is 71.3 cm³/mol. The first-order valence-electron chi connectivity index (χ1n) is 6.19. The van der Waals surface area contributed by atoms with Crippen LogP contribution in [-0.2, 0) is 11.2 Å². The number of pyridine rings is 1. The third-order valence-electron chi connectivity index (χ3n) is 2.82. The van der Waals surface area contributed by atoms with Gasteiger partial charge >= 0.3 is 0 Å². The second-order valence-electron chi connectivity index (χ2n) is 4.60. The topological polar surface area (TPSA) is 48.1 Å². The summed E-state index contributed by atoms with van der Waals surface area (Å²) in [6, 6.07) is 4.28. The maximum Gasteiger partial charge on any atom is 0.0993 e. The van der Waals surface area contributed by atoms with Crippen LogP contribution in [0.25, 0.3) is 0 Å². The Morgan fingerprint density at radius 3 is 3.24 bits per heavy atom. The fourth-order valence-corrected chi connectivity index (χ4v) is 3.08. The van der Waals surface area contributed by atoms with Crippen LogP contribution in [0.3, 0.4) is 0 Å². The van der Waals surface area contributed by atoms with Crippen molar-refractivity contribution in [2.24, 2.45) is 5.73 Å². The molecule has 4 heteroatoms. The normalized spacial score (nSPS) is 21.6. The molecular weight excluding hydrogens is 232 g/mol. The molecule has 1 aromatic rings. The molecule has 1 aliphatic heterocycles. The molecule has 1 aliphatic rings. The number of ether oxygens (including phenoxy) is 1. The van der Waals surface area contributed by atoms with Crippen molar-refractivity contribution in [2.45, 2.75) is 43.4 Å². The van der Waals surface area contributed by atoms with E-state index in [-0.39, 0.29) is 6.04 Å². The first-order valence-corrected chi connectivity index (χ1v) is 7.18. The standard InChI is InChI=1S/C13H20N2OS/c1-10(14)8-11-4-2-6-15-13(11)17-9-12-5-3-7-16-12/h2,4,6,10,12H,3,5,7-9,14H2,1H3. The average molecular weight is 252 g/mol. The van der Waals surface area contributed by atoms with E-state index in [1.165, 1.54) is 18.4 Å². The van der Waals surface area contributed by atoms with Gasteiger partial charge in [0.05, 0.1) is 11.1 Å². The molecule has 94 valence electrons. The Morgan fingerprint density at radius 2 is 2.53 bits per heavy atom. The summed E-state index contributed by atoms with van der Waals surface area (Å²) in [5.74, 6) is 1.00. The molecule has 2 rings (SSSR count). The highest BCUT2D eigenvalue weighted by Gasteiger charge is 2.16. The Labute approximate surface area is 107 Å². The van der Waals surface area contributed by atoms with Gasteiger partial charge in [0.2, 0.25) is 0 Å². The summed E-state index contributed by atoms with van der Waals surface area (Å²) < 4.78 is 5.62. The lowest BCUT2D eigenvalue weighted by molar-refractivity contribution is 0.129. The van der Waals surface area contributed by atoms with Crippen molar-refractivity contribution < 1.29 is 4.74 Å². The van der Waals surface area contributed by atoms with Crippen molar-refractivity contribution in [2.75, 3.05) is 12.4 Å². The van der Waals surface area contributed by atoms with E-state index in [1.807, 2.05) is 19.2 Å². The van der Waals surface area contributed by atoms with Crippen molar-refractivity contribution in [1.82, 2.24) is 4.98 Å². The molecule has 1 aromatic heterocycles. The zero-order chi connectivity index (χ0) is 12.1. The van der Waals surface area contributed by atoms with Gasteiger partial charge in [0.15, 0.2) is 0 Å². The van der Waals surface area contributed by atoms with Gasteiger partial charge in [-0.05, 0) is 37.8 Å². The third kappa shape index (κ3) is 3.98. The summed E-state index contributed by atoms with van der Waals surface area (Å²) in [5.41, 5.74) is 7.10. The van der Waals surface area contributed by atoms with Crippen molar-refractivity contribution in [3.8, 4) is 0 Å². The lowest BCUT2D eigenvalue weighted by Gasteiger charge is -2.12. The molecule has 2 N–H and O–H groups in total. The van der Waals surface area contributed by atoms with E-state index in [0.717, 1.165) is 23.8 Å². The van der Waals surface area contributed by atoms with Gasteiger partial charge in [-0.2, -0.15) is 0 Å². The van der Waals surface area contributed by atoms with Gasteiger partial charge in [0.25, 0.3) is 0 Å². The van der Waals surface area contributed by atoms with E-state index in [9.17, 15) is 0 Å². The minimum atomic E-state index is 0.182. The maximum absolute atomic E-state index is 5.85. The summed E-state index contributed by atoms with van der Waals surface area (Å²) in [6.07, 6.45) is 5.53. The molecule has 0 aliphatic carbocycles. The number of rotatable bonds is 5. The third-order valence-corrected chi connectivity index (χ3v) is 4.00. The second-order valence-corrected chi connectivity index (χ2v) is 5.60. The van der Waals surface area contributed by atoms with Gasteiger partial charge in [0.1, 0.15) is 0 Å². The van der Waals surface area contributed by atoms with Crippen LogP contribution >= 0.6 is 11.8 Å². The molecule has 0 bridgehead atoms. The highest BCUT2D eigenvalue weighted by atomic mass is 32.2. The fraction of sp³-hybridized carbons (Fsp3) is 0.615. The number of hydrogen-bond donors (Lipinski definition) is 1. The lowest BCUT2D eigenvalue weighted by atomic mass is 10.1. The van der Waals surface area contributed by atoms with Crippen LogP contribution < -0.4 is 5.73 Å². The molecule has 2 unspecified atom stereocenters. The van der Waals surface area contributed by atoms with Gasteiger partial charge in [-0.25, -0.2) is 4.98 Å². The van der Waals surface area contributed by atoms with Crippen LogP contribution in [0.4, 0.5) is 0 Å². The number of nitrogens with zero attached hydrogens (tertiary/aromatic N) is 1. The van der Waals surface area contributed by atoms with Crippen LogP contribution in [0, 0.1) is 0 Å². The van der Waals surface area contributed by atoms with Crippen LogP contribution in [0.15, 0.2) is 23.4 Å². The van der Waals surface area contributed by atoms with Gasteiger partial charge < -0.3 is 10.5 Å². The van der Waals surface area contributed by atoms with Gasteiger partial charge in [0, 0.05) is 24.6 Å². The summed E-state index contributed by atoms with van der Waals surface area (Å²) in [6.45, 7) is 2.95. The van der Waals surface area contributed by atoms with Crippen molar-refractivity contribution in [1.29, 1.82) is 0 Å². The van der Waals surface area contributed by atoms with Crippen molar-refractivity contribution >= 4 is 11.8 Å². The van der Waals surface area contributed by atoms with Crippen molar-refractivity contribution in [3.63, 3.8) is 0 Å². The first kappa shape index (κ1) is 12.9. The maximum atomic E-state index is 5.85. The smallest absolute Gasteiger partial charge is 0.0993 e. The molecule has 0 radical (unpaired) electrons. The molecule has 2 heterocycles. The SMILES string of the molecule is CC(N)Cc1cccnc1SCC1CCCO1. The molecule has 3 nitrogen and oxygen atoms in total. The Kier molecular flexibility index (Phi) is 4.83. The fourth-order valence-electron chi connectivity index (χ4n) is 2.00. The summed E-state index contributed by atoms with van der Waals surface area (Å²) in [4.78, 5) is 4.44. The average Bonchev–Trinajstić information content (AvgIpc) is 2.80. The van der Waals surface area contributed by atoms with Gasteiger partial charge in [-0.3, -0.25) is 0 Å². The van der Waals surface area contributed by atoms with E-state index in [4.69, 9.17) is 10.5 Å². The second kappa shape index (κ2) is 6.38. The number of hydrogen-bond acceptors (Lipinski definition) is 4. The molecule has 0 aromatic carbocycles. The van der Waals surface area contributed by atoms with E-state index < -0.39 is 0 Å². The summed E-state index contributed by atoms with van der Waals surface area (Å²) >= 11 is 1.79. The van der Waals surface area contributed by atoms with Gasteiger partial charge in [-0.1, -0.05) is 6.07 Å². The van der Waals surface area contributed by atoms with E-state index in [0.29, 0.717) is 6.10 Å². The molecule has 0 spiro atoms. The zero-order valence-corrected chi connectivity index (χ0v) is 11.1. The van der Waals surface area contributed by atoms with E-state index >= 15 is 0 Å². The summed E-state index contributed by atoms with van der Waals surface area (Å²) in [7, 11) is 0. The van der Waals surface area contributed by atoms with Gasteiger partial charge in [-0.15, -0.1) is 11.8 Å². The lowest BCUT2D eigenvalue weighted by Crippen LogP contribution is -2.18. The Balaban J connectivity index is 1.94. The molecule has 2 atom stereocenters. The molecule has 0 saturated carbocycles. The monoisotopic (exact) mass is 252 g/mol. The van der Waals surface area contributed by atoms with Crippen LogP contribution in [0.1, 0.15) is 25.3 Å². The molecule has 0 amide bonds. The van der Waals surface area contributed by atoms with Crippen LogP contribution in [0.2, 0.25) is 0 Å². The Hall–Kier alpha value is -0.580. The highest BCUT2D eigenvalue weighted by Crippen LogP contribution is 2.25. The molecule has 17 heavy (non-hydrogen) atoms.